The highest BCUT2D eigenvalue weighted by molar-refractivity contribution is 9.11. The maximum Gasteiger partial charge on any atom is 0.305 e. The summed E-state index contributed by atoms with van der Waals surface area (Å²) in [5.74, 6) is -0.177. The molecule has 0 aliphatic heterocycles. The highest BCUT2D eigenvalue weighted by Gasteiger charge is 2.09. The average Bonchev–Trinajstić information content (AvgIpc) is 2.84. The number of ether oxygens (including phenoxy) is 1. The molecule has 0 aliphatic rings. The van der Waals surface area contributed by atoms with Gasteiger partial charge in [-0.3, -0.25) is 4.79 Å². The summed E-state index contributed by atoms with van der Waals surface area (Å²) in [4.78, 5) is 12.6. The van der Waals surface area contributed by atoms with Crippen molar-refractivity contribution in [3.63, 3.8) is 0 Å². The predicted molar refractivity (Wildman–Crippen MR) is 78.8 cm³/mol. The number of halogens is 2. The zero-order valence-electron chi connectivity index (χ0n) is 10.4. The van der Waals surface area contributed by atoms with Crippen molar-refractivity contribution in [3.05, 3.63) is 21.1 Å². The topological polar surface area (TPSA) is 57.0 Å². The van der Waals surface area contributed by atoms with E-state index in [4.69, 9.17) is 0 Å². The zero-order chi connectivity index (χ0) is 13.8. The Kier molecular flexibility index (Phi) is 4.93. The van der Waals surface area contributed by atoms with Gasteiger partial charge in [0.2, 0.25) is 0 Å². The van der Waals surface area contributed by atoms with E-state index in [1.807, 2.05) is 12.1 Å². The molecular weight excluding hydrogens is 378 g/mol. The number of benzene rings is 1. The maximum atomic E-state index is 11.0. The van der Waals surface area contributed by atoms with Gasteiger partial charge in [-0.25, -0.2) is 0 Å². The average molecular weight is 391 g/mol. The minimum atomic E-state index is -0.177. The molecule has 0 saturated carbocycles. The van der Waals surface area contributed by atoms with E-state index in [0.29, 0.717) is 13.0 Å². The van der Waals surface area contributed by atoms with Gasteiger partial charge in [0.15, 0.2) is 0 Å². The van der Waals surface area contributed by atoms with Gasteiger partial charge in [0.1, 0.15) is 11.0 Å². The Morgan fingerprint density at radius 2 is 1.79 bits per heavy atom. The summed E-state index contributed by atoms with van der Waals surface area (Å²) in [5.41, 5.74) is 1.67. The van der Waals surface area contributed by atoms with E-state index in [2.05, 4.69) is 46.8 Å². The summed E-state index contributed by atoms with van der Waals surface area (Å²) in [7, 11) is 1.40. The van der Waals surface area contributed by atoms with Gasteiger partial charge in [-0.15, -0.1) is 0 Å². The third kappa shape index (κ3) is 3.54. The van der Waals surface area contributed by atoms with Crippen molar-refractivity contribution in [1.29, 1.82) is 0 Å². The number of nitrogens with zero attached hydrogens (tertiary/aromatic N) is 3. The van der Waals surface area contributed by atoms with Crippen molar-refractivity contribution < 1.29 is 9.53 Å². The van der Waals surface area contributed by atoms with Crippen LogP contribution in [0.15, 0.2) is 21.1 Å². The van der Waals surface area contributed by atoms with E-state index >= 15 is 0 Å². The molecule has 0 unspecified atom stereocenters. The molecule has 0 N–H and O–H groups in total. The molecule has 1 aromatic carbocycles. The summed E-state index contributed by atoms with van der Waals surface area (Å²) in [6, 6.07) is 3.87. The molecular formula is C12H13Br2N3O2. The number of carbonyl (C=O) groups is 1. The first kappa shape index (κ1) is 14.5. The van der Waals surface area contributed by atoms with Crippen LogP contribution >= 0.6 is 31.9 Å². The normalized spacial score (nSPS) is 10.9. The molecule has 0 saturated heterocycles. The Balaban J connectivity index is 2.00. The van der Waals surface area contributed by atoms with Crippen molar-refractivity contribution in [1.82, 2.24) is 15.0 Å². The summed E-state index contributed by atoms with van der Waals surface area (Å²) < 4.78 is 6.44. The summed E-state index contributed by atoms with van der Waals surface area (Å²) in [5, 5.41) is 8.84. The molecule has 0 radical (unpaired) electrons. The second-order valence-electron chi connectivity index (χ2n) is 4.06. The Labute approximate surface area is 127 Å². The lowest BCUT2D eigenvalue weighted by Crippen LogP contribution is -2.04. The number of carbonyl (C=O) groups excluding carboxylic acids is 1. The standard InChI is InChI=1S/C12H13Br2N3O2/c1-19-10(18)4-2-3-7-17-15-11-8(13)5-6-9(14)12(11)16-17/h5-6H,2-4,7H2,1H3. The largest absolute Gasteiger partial charge is 0.469 e. The molecule has 0 aliphatic carbocycles. The van der Waals surface area contributed by atoms with Gasteiger partial charge in [0, 0.05) is 15.4 Å². The van der Waals surface area contributed by atoms with Crippen LogP contribution in [0.5, 0.6) is 0 Å². The van der Waals surface area contributed by atoms with Crippen LogP contribution in [0.1, 0.15) is 19.3 Å². The van der Waals surface area contributed by atoms with Crippen LogP contribution in [-0.2, 0) is 16.1 Å². The third-order valence-electron chi connectivity index (χ3n) is 2.70. The highest BCUT2D eigenvalue weighted by atomic mass is 79.9. The van der Waals surface area contributed by atoms with Crippen LogP contribution in [0.4, 0.5) is 0 Å². The van der Waals surface area contributed by atoms with E-state index in [1.54, 1.807) is 4.80 Å². The van der Waals surface area contributed by atoms with E-state index in [-0.39, 0.29) is 5.97 Å². The van der Waals surface area contributed by atoms with Gasteiger partial charge in [0.25, 0.3) is 0 Å². The van der Waals surface area contributed by atoms with Crippen LogP contribution < -0.4 is 0 Å². The number of aryl methyl sites for hydroxylation is 1. The molecule has 2 rings (SSSR count). The van der Waals surface area contributed by atoms with E-state index < -0.39 is 0 Å². The predicted octanol–water partition coefficient (Wildman–Crippen LogP) is 3.30. The van der Waals surface area contributed by atoms with Crippen LogP contribution in [0, 0.1) is 0 Å². The van der Waals surface area contributed by atoms with E-state index in [1.165, 1.54) is 7.11 Å². The van der Waals surface area contributed by atoms with Crippen LogP contribution in [-0.4, -0.2) is 28.1 Å². The van der Waals surface area contributed by atoms with Crippen molar-refractivity contribution in [2.45, 2.75) is 25.8 Å². The van der Waals surface area contributed by atoms with Crippen molar-refractivity contribution in [2.75, 3.05) is 7.11 Å². The molecule has 0 amide bonds. The first-order valence-corrected chi connectivity index (χ1v) is 7.46. The fourth-order valence-corrected chi connectivity index (χ4v) is 2.50. The Hall–Kier alpha value is -0.950. The molecule has 0 spiro atoms. The summed E-state index contributed by atoms with van der Waals surface area (Å²) >= 11 is 6.91. The fraction of sp³-hybridized carbons (Fsp3) is 0.417. The number of hydrogen-bond acceptors (Lipinski definition) is 4. The minimum absolute atomic E-state index is 0.177. The van der Waals surface area contributed by atoms with E-state index in [0.717, 1.165) is 32.8 Å². The molecule has 1 heterocycles. The number of esters is 1. The van der Waals surface area contributed by atoms with Crippen LogP contribution in [0.3, 0.4) is 0 Å². The number of fused-ring (bicyclic) bond motifs is 1. The number of methoxy groups -OCH3 is 1. The summed E-state index contributed by atoms with van der Waals surface area (Å²) in [6.07, 6.45) is 2.04. The molecule has 19 heavy (non-hydrogen) atoms. The third-order valence-corrected chi connectivity index (χ3v) is 3.98. The molecule has 2 aromatic rings. The number of unbranched alkanes of at least 4 members (excludes halogenated alkanes) is 1. The van der Waals surface area contributed by atoms with Gasteiger partial charge in [0.05, 0.1) is 13.7 Å². The lowest BCUT2D eigenvalue weighted by atomic mass is 10.2. The first-order chi connectivity index (χ1) is 9.11. The first-order valence-electron chi connectivity index (χ1n) is 5.87. The van der Waals surface area contributed by atoms with Gasteiger partial charge in [-0.05, 0) is 56.8 Å². The van der Waals surface area contributed by atoms with Gasteiger partial charge < -0.3 is 4.74 Å². The zero-order valence-corrected chi connectivity index (χ0v) is 13.6. The highest BCUT2D eigenvalue weighted by Crippen LogP contribution is 2.27. The van der Waals surface area contributed by atoms with Crippen LogP contribution in [0.2, 0.25) is 0 Å². The Morgan fingerprint density at radius 3 is 2.32 bits per heavy atom. The monoisotopic (exact) mass is 389 g/mol. The minimum Gasteiger partial charge on any atom is -0.469 e. The number of aromatic nitrogens is 3. The lowest BCUT2D eigenvalue weighted by Gasteiger charge is -1.99. The van der Waals surface area contributed by atoms with Crippen molar-refractivity contribution in [3.8, 4) is 0 Å². The summed E-state index contributed by atoms with van der Waals surface area (Å²) in [6.45, 7) is 0.685. The molecule has 0 atom stereocenters. The van der Waals surface area contributed by atoms with Gasteiger partial charge in [-0.2, -0.15) is 15.0 Å². The lowest BCUT2D eigenvalue weighted by molar-refractivity contribution is -0.140. The SMILES string of the molecule is COC(=O)CCCCn1nc2c(Br)ccc(Br)c2n1. The second-order valence-corrected chi connectivity index (χ2v) is 5.76. The van der Waals surface area contributed by atoms with E-state index in [9.17, 15) is 4.79 Å². The van der Waals surface area contributed by atoms with Crippen molar-refractivity contribution in [2.24, 2.45) is 0 Å². The van der Waals surface area contributed by atoms with Gasteiger partial charge in [-0.1, -0.05) is 0 Å². The number of hydrogen-bond donors (Lipinski definition) is 0. The van der Waals surface area contributed by atoms with Gasteiger partial charge >= 0.3 is 5.97 Å². The molecule has 0 fully saturated rings. The molecule has 5 nitrogen and oxygen atoms in total. The molecule has 0 bridgehead atoms. The van der Waals surface area contributed by atoms with Crippen molar-refractivity contribution >= 4 is 48.9 Å². The Bertz CT molecular complexity index is 559. The number of rotatable bonds is 5. The quantitative estimate of drug-likeness (QED) is 0.580. The fourth-order valence-electron chi connectivity index (χ4n) is 1.70. The second kappa shape index (κ2) is 6.47. The maximum absolute atomic E-state index is 11.0. The molecule has 1 aromatic heterocycles. The Morgan fingerprint density at radius 1 is 1.21 bits per heavy atom. The molecule has 7 heteroatoms. The smallest absolute Gasteiger partial charge is 0.305 e. The van der Waals surface area contributed by atoms with Crippen LogP contribution in [0.25, 0.3) is 11.0 Å². The molecule has 102 valence electrons.